The fourth-order valence-electron chi connectivity index (χ4n) is 1.46. The first kappa shape index (κ1) is 18.1. The number of ketones is 1. The minimum Gasteiger partial charge on any atom is -0.497 e. The normalized spacial score (nSPS) is 9.30. The summed E-state index contributed by atoms with van der Waals surface area (Å²) in [5.74, 6) is 1.06. The van der Waals surface area contributed by atoms with Crippen LogP contribution in [0.15, 0.2) is 30.3 Å². The van der Waals surface area contributed by atoms with Crippen LogP contribution >= 0.6 is 0 Å². The number of hydrogen-bond acceptors (Lipinski definition) is 4. The first-order valence-corrected chi connectivity index (χ1v) is 6.82. The molecule has 1 rings (SSSR count). The highest BCUT2D eigenvalue weighted by Gasteiger charge is 2.03. The van der Waals surface area contributed by atoms with E-state index in [0.29, 0.717) is 19.3 Å². The monoisotopic (exact) mass is 281 g/mol. The molecule has 0 aliphatic carbocycles. The van der Waals surface area contributed by atoms with E-state index in [1.54, 1.807) is 7.11 Å². The summed E-state index contributed by atoms with van der Waals surface area (Å²) in [6, 6.07) is 9.68. The van der Waals surface area contributed by atoms with E-state index in [9.17, 15) is 14.9 Å². The standard InChI is InChI=1S/C8H15NO3.C7H8O/c1-2-3-5-8(10)6-4-7-9(11)12;1-8-7-5-3-2-4-6-7/h2-7H2,1H3;2-6H,1H3. The van der Waals surface area contributed by atoms with Crippen LogP contribution in [0.4, 0.5) is 0 Å². The zero-order valence-electron chi connectivity index (χ0n) is 12.2. The summed E-state index contributed by atoms with van der Waals surface area (Å²) < 4.78 is 4.91. The number of hydrogen-bond donors (Lipinski definition) is 0. The zero-order valence-corrected chi connectivity index (χ0v) is 12.2. The maximum atomic E-state index is 11.0. The minimum atomic E-state index is -0.382. The fourth-order valence-corrected chi connectivity index (χ4v) is 1.46. The molecule has 0 aliphatic rings. The second-order valence-corrected chi connectivity index (χ2v) is 4.32. The number of rotatable bonds is 8. The summed E-state index contributed by atoms with van der Waals surface area (Å²) in [7, 11) is 1.66. The van der Waals surface area contributed by atoms with Crippen molar-refractivity contribution in [3.8, 4) is 5.75 Å². The van der Waals surface area contributed by atoms with Crippen molar-refractivity contribution in [2.75, 3.05) is 13.7 Å². The predicted octanol–water partition coefficient (Wildman–Crippen LogP) is 3.50. The number of carbonyl (C=O) groups is 1. The molecule has 0 spiro atoms. The highest BCUT2D eigenvalue weighted by atomic mass is 16.6. The lowest BCUT2D eigenvalue weighted by Crippen LogP contribution is -2.04. The molecule has 5 heteroatoms. The van der Waals surface area contributed by atoms with Gasteiger partial charge >= 0.3 is 0 Å². The molecule has 0 saturated carbocycles. The van der Waals surface area contributed by atoms with Gasteiger partial charge in [-0.3, -0.25) is 14.9 Å². The molecule has 0 aliphatic heterocycles. The van der Waals surface area contributed by atoms with Gasteiger partial charge in [0, 0.05) is 24.2 Å². The molecule has 0 bridgehead atoms. The summed E-state index contributed by atoms with van der Waals surface area (Å²) in [4.78, 5) is 20.5. The molecular formula is C15H23NO4. The van der Waals surface area contributed by atoms with Crippen LogP contribution < -0.4 is 4.74 Å². The molecule has 0 heterocycles. The van der Waals surface area contributed by atoms with E-state index in [-0.39, 0.29) is 17.3 Å². The first-order chi connectivity index (χ1) is 9.60. The Morgan fingerprint density at radius 1 is 1.20 bits per heavy atom. The number of carbonyl (C=O) groups excluding carboxylic acids is 1. The number of para-hydroxylation sites is 1. The van der Waals surface area contributed by atoms with Gasteiger partial charge in [0.2, 0.25) is 6.54 Å². The SMILES string of the molecule is CCCCC(=O)CCC[N+](=O)[O-].COc1ccccc1. The van der Waals surface area contributed by atoms with Crippen LogP contribution in [0.1, 0.15) is 39.0 Å². The number of benzene rings is 1. The van der Waals surface area contributed by atoms with E-state index in [2.05, 4.69) is 0 Å². The van der Waals surface area contributed by atoms with Gasteiger partial charge in [0.15, 0.2) is 0 Å². The number of methoxy groups -OCH3 is 1. The zero-order chi connectivity index (χ0) is 15.2. The van der Waals surface area contributed by atoms with E-state index in [1.807, 2.05) is 37.3 Å². The molecule has 1 aromatic rings. The Morgan fingerprint density at radius 3 is 2.25 bits per heavy atom. The number of ether oxygens (including phenoxy) is 1. The van der Waals surface area contributed by atoms with Crippen LogP contribution in [0.3, 0.4) is 0 Å². The molecule has 0 saturated heterocycles. The molecule has 0 amide bonds. The molecule has 0 fully saturated rings. The number of Topliss-reactive ketones (excluding diaryl/α,β-unsaturated/α-hetero) is 1. The maximum Gasteiger partial charge on any atom is 0.204 e. The van der Waals surface area contributed by atoms with Gasteiger partial charge in [-0.1, -0.05) is 31.5 Å². The molecule has 5 nitrogen and oxygen atoms in total. The largest absolute Gasteiger partial charge is 0.497 e. The van der Waals surface area contributed by atoms with Crippen molar-refractivity contribution >= 4 is 5.78 Å². The Labute approximate surface area is 120 Å². The van der Waals surface area contributed by atoms with Crippen LogP contribution in [0.2, 0.25) is 0 Å². The van der Waals surface area contributed by atoms with Crippen molar-refractivity contribution in [1.29, 1.82) is 0 Å². The van der Waals surface area contributed by atoms with Crippen LogP contribution in [0, 0.1) is 10.1 Å². The third-order valence-electron chi connectivity index (χ3n) is 2.58. The van der Waals surface area contributed by atoms with Crippen molar-refractivity contribution in [3.05, 3.63) is 40.4 Å². The van der Waals surface area contributed by atoms with E-state index in [4.69, 9.17) is 4.74 Å². The number of nitro groups is 1. The Kier molecular flexibility index (Phi) is 11.0. The summed E-state index contributed by atoms with van der Waals surface area (Å²) in [5, 5.41) is 9.89. The average molecular weight is 281 g/mol. The molecule has 0 N–H and O–H groups in total. The second-order valence-electron chi connectivity index (χ2n) is 4.32. The second kappa shape index (κ2) is 12.1. The molecule has 0 atom stereocenters. The molecule has 0 unspecified atom stereocenters. The van der Waals surface area contributed by atoms with Crippen LogP contribution in [-0.2, 0) is 4.79 Å². The molecular weight excluding hydrogens is 258 g/mol. The highest BCUT2D eigenvalue weighted by Crippen LogP contribution is 2.05. The van der Waals surface area contributed by atoms with Crippen LogP contribution in [0.25, 0.3) is 0 Å². The average Bonchev–Trinajstić information content (AvgIpc) is 2.46. The molecule has 112 valence electrons. The van der Waals surface area contributed by atoms with Gasteiger partial charge < -0.3 is 4.74 Å². The van der Waals surface area contributed by atoms with Gasteiger partial charge in [0.1, 0.15) is 11.5 Å². The maximum absolute atomic E-state index is 11.0. The van der Waals surface area contributed by atoms with E-state index in [0.717, 1.165) is 18.6 Å². The smallest absolute Gasteiger partial charge is 0.204 e. The first-order valence-electron chi connectivity index (χ1n) is 6.82. The minimum absolute atomic E-state index is 0.0855. The third kappa shape index (κ3) is 11.2. The van der Waals surface area contributed by atoms with E-state index < -0.39 is 0 Å². The fraction of sp³-hybridized carbons (Fsp3) is 0.533. The van der Waals surface area contributed by atoms with Crippen LogP contribution in [-0.4, -0.2) is 24.4 Å². The lowest BCUT2D eigenvalue weighted by atomic mass is 10.1. The summed E-state index contributed by atoms with van der Waals surface area (Å²) >= 11 is 0. The quantitative estimate of drug-likeness (QED) is 0.540. The van der Waals surface area contributed by atoms with Crippen LogP contribution in [0.5, 0.6) is 5.75 Å². The van der Waals surface area contributed by atoms with Crippen molar-refractivity contribution in [3.63, 3.8) is 0 Å². The lowest BCUT2D eigenvalue weighted by Gasteiger charge is -1.96. The van der Waals surface area contributed by atoms with Gasteiger partial charge in [0.05, 0.1) is 7.11 Å². The molecule has 0 radical (unpaired) electrons. The number of nitrogens with zero attached hydrogens (tertiary/aromatic N) is 1. The molecule has 1 aromatic carbocycles. The highest BCUT2D eigenvalue weighted by molar-refractivity contribution is 5.78. The Morgan fingerprint density at radius 2 is 1.80 bits per heavy atom. The number of unbranched alkanes of at least 4 members (excludes halogenated alkanes) is 1. The van der Waals surface area contributed by atoms with Crippen molar-refractivity contribution in [2.24, 2.45) is 0 Å². The topological polar surface area (TPSA) is 69.4 Å². The Bertz CT molecular complexity index is 379. The van der Waals surface area contributed by atoms with E-state index in [1.165, 1.54) is 0 Å². The summed E-state index contributed by atoms with van der Waals surface area (Å²) in [5.41, 5.74) is 0. The van der Waals surface area contributed by atoms with Gasteiger partial charge in [-0.05, 0) is 18.6 Å². The molecule has 0 aromatic heterocycles. The Hall–Kier alpha value is -1.91. The van der Waals surface area contributed by atoms with E-state index >= 15 is 0 Å². The van der Waals surface area contributed by atoms with Crippen molar-refractivity contribution in [2.45, 2.75) is 39.0 Å². The molecule has 20 heavy (non-hydrogen) atoms. The van der Waals surface area contributed by atoms with Gasteiger partial charge in [-0.2, -0.15) is 0 Å². The predicted molar refractivity (Wildman–Crippen MR) is 78.6 cm³/mol. The summed E-state index contributed by atoms with van der Waals surface area (Å²) in [6.45, 7) is 1.93. The third-order valence-corrected chi connectivity index (χ3v) is 2.58. The van der Waals surface area contributed by atoms with Gasteiger partial charge in [-0.15, -0.1) is 0 Å². The lowest BCUT2D eigenvalue weighted by molar-refractivity contribution is -0.480. The van der Waals surface area contributed by atoms with Gasteiger partial charge in [-0.25, -0.2) is 0 Å². The van der Waals surface area contributed by atoms with Crippen molar-refractivity contribution < 1.29 is 14.5 Å². The van der Waals surface area contributed by atoms with Gasteiger partial charge in [0.25, 0.3) is 0 Å². The Balaban J connectivity index is 0.000000388. The van der Waals surface area contributed by atoms with Crippen molar-refractivity contribution in [1.82, 2.24) is 0 Å². The summed E-state index contributed by atoms with van der Waals surface area (Å²) in [6.07, 6.45) is 3.23.